The zero-order valence-electron chi connectivity index (χ0n) is 13.7. The second-order valence-electron chi connectivity index (χ2n) is 5.59. The zero-order chi connectivity index (χ0) is 18.3. The molecule has 4 N–H and O–H groups in total. The number of nitrogens with one attached hydrogen (secondary N) is 1. The highest BCUT2D eigenvalue weighted by Crippen LogP contribution is 2.33. The van der Waals surface area contributed by atoms with Crippen LogP contribution < -0.4 is 10.5 Å². The lowest BCUT2D eigenvalue weighted by molar-refractivity contribution is 0.0702. The fourth-order valence-corrected chi connectivity index (χ4v) is 3.48. The number of aromatic carboxylic acids is 1. The highest BCUT2D eigenvalue weighted by Gasteiger charge is 2.14. The molecule has 4 aromatic rings. The highest BCUT2D eigenvalue weighted by molar-refractivity contribution is 7.17. The van der Waals surface area contributed by atoms with Crippen LogP contribution in [0, 0.1) is 0 Å². The third kappa shape index (κ3) is 2.76. The van der Waals surface area contributed by atoms with Crippen molar-refractivity contribution in [2.45, 2.75) is 0 Å². The van der Waals surface area contributed by atoms with Crippen molar-refractivity contribution in [3.05, 3.63) is 47.5 Å². The van der Waals surface area contributed by atoms with Gasteiger partial charge in [0.15, 0.2) is 0 Å². The van der Waals surface area contributed by atoms with Gasteiger partial charge in [-0.05, 0) is 30.3 Å². The number of carbonyl (C=O) groups is 1. The quantitative estimate of drug-likeness (QED) is 0.508. The molecule has 3 aromatic heterocycles. The lowest BCUT2D eigenvalue weighted by atomic mass is 10.1. The maximum Gasteiger partial charge on any atom is 0.345 e. The van der Waals surface area contributed by atoms with Gasteiger partial charge in [-0.1, -0.05) is 0 Å². The number of hydrogen-bond acceptors (Lipinski definition) is 6. The van der Waals surface area contributed by atoms with E-state index in [2.05, 4.69) is 15.0 Å². The molecule has 0 bridgehead atoms. The van der Waals surface area contributed by atoms with Crippen molar-refractivity contribution < 1.29 is 14.6 Å². The lowest BCUT2D eigenvalue weighted by Gasteiger charge is -2.04. The molecule has 0 atom stereocenters. The van der Waals surface area contributed by atoms with Crippen LogP contribution in [0.1, 0.15) is 9.67 Å². The molecule has 26 heavy (non-hydrogen) atoms. The Labute approximate surface area is 152 Å². The summed E-state index contributed by atoms with van der Waals surface area (Å²) in [7, 11) is 1.61. The number of aromatic nitrogens is 3. The molecule has 0 amide bonds. The maximum atomic E-state index is 11.1. The molecular formula is C18H14N4O3S. The minimum absolute atomic E-state index is 0.272. The summed E-state index contributed by atoms with van der Waals surface area (Å²) in [5.74, 6) is 0.716. The summed E-state index contributed by atoms with van der Waals surface area (Å²) >= 11 is 1.19. The second-order valence-corrected chi connectivity index (χ2v) is 6.68. The van der Waals surface area contributed by atoms with Crippen LogP contribution in [0.25, 0.3) is 32.9 Å². The molecule has 0 unspecified atom stereocenters. The summed E-state index contributed by atoms with van der Waals surface area (Å²) in [5, 5.41) is 9.09. The van der Waals surface area contributed by atoms with E-state index in [9.17, 15) is 4.79 Å². The van der Waals surface area contributed by atoms with E-state index in [0.29, 0.717) is 17.2 Å². The summed E-state index contributed by atoms with van der Waals surface area (Å²) in [5.41, 5.74) is 9.10. The minimum Gasteiger partial charge on any atom is -0.497 e. The monoisotopic (exact) mass is 366 g/mol. The fourth-order valence-electron chi connectivity index (χ4n) is 2.65. The lowest BCUT2D eigenvalue weighted by Crippen LogP contribution is -1.95. The van der Waals surface area contributed by atoms with Gasteiger partial charge in [-0.25, -0.2) is 14.8 Å². The number of H-pyrrole nitrogens is 1. The number of methoxy groups -OCH3 is 1. The van der Waals surface area contributed by atoms with Crippen LogP contribution in [-0.2, 0) is 0 Å². The SMILES string of the molecule is COc1ccc2nc(-c3cc(-c4ccc(C(=O)O)s4)cnc3N)[nH]c2c1. The van der Waals surface area contributed by atoms with Gasteiger partial charge in [0.2, 0.25) is 0 Å². The normalized spacial score (nSPS) is 11.0. The molecule has 1 aromatic carbocycles. The van der Waals surface area contributed by atoms with E-state index in [0.717, 1.165) is 27.2 Å². The molecule has 0 aliphatic rings. The molecule has 7 nitrogen and oxygen atoms in total. The summed E-state index contributed by atoms with van der Waals surface area (Å²) in [6, 6.07) is 10.7. The molecule has 8 heteroatoms. The molecule has 0 saturated carbocycles. The Morgan fingerprint density at radius 3 is 2.85 bits per heavy atom. The van der Waals surface area contributed by atoms with E-state index in [1.54, 1.807) is 25.4 Å². The summed E-state index contributed by atoms with van der Waals surface area (Å²) in [4.78, 5) is 24.2. The first-order valence-electron chi connectivity index (χ1n) is 7.68. The van der Waals surface area contributed by atoms with Gasteiger partial charge in [-0.3, -0.25) is 0 Å². The Balaban J connectivity index is 1.79. The van der Waals surface area contributed by atoms with E-state index in [1.165, 1.54) is 11.3 Å². The summed E-state index contributed by atoms with van der Waals surface area (Å²) < 4.78 is 5.23. The van der Waals surface area contributed by atoms with Crippen molar-refractivity contribution in [3.63, 3.8) is 0 Å². The number of ether oxygens (including phenoxy) is 1. The number of anilines is 1. The largest absolute Gasteiger partial charge is 0.497 e. The molecule has 0 saturated heterocycles. The van der Waals surface area contributed by atoms with Gasteiger partial charge in [0.1, 0.15) is 22.3 Å². The van der Waals surface area contributed by atoms with Crippen molar-refractivity contribution in [2.75, 3.05) is 12.8 Å². The van der Waals surface area contributed by atoms with Crippen molar-refractivity contribution in [3.8, 4) is 27.6 Å². The van der Waals surface area contributed by atoms with Gasteiger partial charge in [0, 0.05) is 22.7 Å². The molecular weight excluding hydrogens is 352 g/mol. The fraction of sp³-hybridized carbons (Fsp3) is 0.0556. The second kappa shape index (κ2) is 6.16. The summed E-state index contributed by atoms with van der Waals surface area (Å²) in [6.45, 7) is 0. The van der Waals surface area contributed by atoms with Crippen molar-refractivity contribution in [1.82, 2.24) is 15.0 Å². The summed E-state index contributed by atoms with van der Waals surface area (Å²) in [6.07, 6.45) is 1.63. The molecule has 0 aliphatic carbocycles. The maximum absolute atomic E-state index is 11.1. The Morgan fingerprint density at radius 1 is 1.27 bits per heavy atom. The number of pyridine rings is 1. The van der Waals surface area contributed by atoms with Gasteiger partial charge in [-0.2, -0.15) is 0 Å². The Bertz CT molecular complexity index is 1130. The van der Waals surface area contributed by atoms with Crippen molar-refractivity contribution in [2.24, 2.45) is 0 Å². The van der Waals surface area contributed by atoms with Crippen LogP contribution in [0.4, 0.5) is 5.82 Å². The van der Waals surface area contributed by atoms with E-state index in [-0.39, 0.29) is 4.88 Å². The molecule has 0 spiro atoms. The van der Waals surface area contributed by atoms with Crippen LogP contribution in [0.3, 0.4) is 0 Å². The van der Waals surface area contributed by atoms with Crippen LogP contribution in [0.15, 0.2) is 42.6 Å². The number of carboxylic acids is 1. The molecule has 0 aliphatic heterocycles. The van der Waals surface area contributed by atoms with Crippen LogP contribution in [0.2, 0.25) is 0 Å². The van der Waals surface area contributed by atoms with Crippen molar-refractivity contribution >= 4 is 34.2 Å². The first-order chi connectivity index (χ1) is 12.5. The number of aromatic amines is 1. The van der Waals surface area contributed by atoms with Crippen LogP contribution in [0.5, 0.6) is 5.75 Å². The average Bonchev–Trinajstić information content (AvgIpc) is 3.28. The number of nitrogen functional groups attached to an aromatic ring is 1. The van der Waals surface area contributed by atoms with Gasteiger partial charge in [-0.15, -0.1) is 11.3 Å². The Kier molecular flexibility index (Phi) is 3.81. The first-order valence-corrected chi connectivity index (χ1v) is 8.50. The molecule has 0 radical (unpaired) electrons. The number of hydrogen-bond donors (Lipinski definition) is 3. The van der Waals surface area contributed by atoms with Crippen LogP contribution in [-0.4, -0.2) is 33.1 Å². The number of thiophene rings is 1. The predicted octanol–water partition coefficient (Wildman–Crippen LogP) is 3.64. The number of nitrogens with zero attached hydrogens (tertiary/aromatic N) is 2. The number of carboxylic acid groups (broad SMARTS) is 1. The van der Waals surface area contributed by atoms with Gasteiger partial charge >= 0.3 is 5.97 Å². The van der Waals surface area contributed by atoms with E-state index in [4.69, 9.17) is 15.6 Å². The van der Waals surface area contributed by atoms with Crippen molar-refractivity contribution in [1.29, 1.82) is 0 Å². The topological polar surface area (TPSA) is 114 Å². The number of fused-ring (bicyclic) bond motifs is 1. The number of nitrogens with two attached hydrogens (primary N) is 1. The third-order valence-electron chi connectivity index (χ3n) is 3.96. The van der Waals surface area contributed by atoms with E-state index < -0.39 is 5.97 Å². The number of rotatable bonds is 4. The first kappa shape index (κ1) is 16.1. The average molecular weight is 366 g/mol. The standard InChI is InChI=1S/C18H14N4O3S/c1-25-10-2-3-12-13(7-10)22-17(21-12)11-6-9(8-20-16(11)19)14-4-5-15(26-14)18(23)24/h2-8H,1H3,(H2,19,20)(H,21,22)(H,23,24). The predicted molar refractivity (Wildman–Crippen MR) is 101 cm³/mol. The number of benzene rings is 1. The van der Waals surface area contributed by atoms with Crippen LogP contribution >= 0.6 is 11.3 Å². The van der Waals surface area contributed by atoms with E-state index >= 15 is 0 Å². The molecule has 0 fully saturated rings. The van der Waals surface area contributed by atoms with Gasteiger partial charge in [0.25, 0.3) is 0 Å². The molecule has 130 valence electrons. The molecule has 4 rings (SSSR count). The highest BCUT2D eigenvalue weighted by atomic mass is 32.1. The number of imidazole rings is 1. The van der Waals surface area contributed by atoms with Gasteiger partial charge < -0.3 is 20.6 Å². The minimum atomic E-state index is -0.948. The van der Waals surface area contributed by atoms with E-state index in [1.807, 2.05) is 24.3 Å². The Hall–Kier alpha value is -3.39. The molecule has 3 heterocycles. The third-order valence-corrected chi connectivity index (χ3v) is 5.09. The zero-order valence-corrected chi connectivity index (χ0v) is 14.5. The smallest absolute Gasteiger partial charge is 0.345 e. The Morgan fingerprint density at radius 2 is 2.12 bits per heavy atom. The van der Waals surface area contributed by atoms with Gasteiger partial charge in [0.05, 0.1) is 23.7 Å².